The average Bonchev–Trinajstić information content (AvgIpc) is 3.04. The number of rotatable bonds is 6. The highest BCUT2D eigenvalue weighted by Crippen LogP contribution is 2.28. The Bertz CT molecular complexity index is 573. The fourth-order valence-electron chi connectivity index (χ4n) is 2.36. The Morgan fingerprint density at radius 1 is 1.30 bits per heavy atom. The van der Waals surface area contributed by atoms with E-state index in [0.29, 0.717) is 0 Å². The van der Waals surface area contributed by atoms with E-state index < -0.39 is 0 Å². The minimum absolute atomic E-state index is 0.139. The highest BCUT2D eigenvalue weighted by atomic mass is 79.9. The zero-order valence-corrected chi connectivity index (χ0v) is 13.7. The predicted molar refractivity (Wildman–Crippen MR) is 82.0 cm³/mol. The molecule has 0 amide bonds. The highest BCUT2D eigenvalue weighted by Gasteiger charge is 2.24. The molecule has 20 heavy (non-hydrogen) atoms. The summed E-state index contributed by atoms with van der Waals surface area (Å²) < 4.78 is 4.87. The van der Waals surface area contributed by atoms with E-state index >= 15 is 0 Å². The standard InChI is InChI=1S/C13H21BrN6/c1-4-9-7-11(19(5-2)18-9)12(17-15)13-10(14)8-16-20(13)6-3/h7-8,12,17H,4-6,15H2,1-3H3. The van der Waals surface area contributed by atoms with Gasteiger partial charge in [0, 0.05) is 13.1 Å². The van der Waals surface area contributed by atoms with Gasteiger partial charge in [0.25, 0.3) is 0 Å². The molecule has 0 radical (unpaired) electrons. The molecule has 1 unspecified atom stereocenters. The second-order valence-corrected chi connectivity index (χ2v) is 5.38. The van der Waals surface area contributed by atoms with Crippen LogP contribution in [0.4, 0.5) is 0 Å². The first kappa shape index (κ1) is 15.2. The van der Waals surface area contributed by atoms with E-state index in [1.807, 2.05) is 9.36 Å². The van der Waals surface area contributed by atoms with Crippen LogP contribution < -0.4 is 11.3 Å². The van der Waals surface area contributed by atoms with Crippen LogP contribution >= 0.6 is 15.9 Å². The fraction of sp³-hybridized carbons (Fsp3) is 0.538. The molecule has 0 bridgehead atoms. The summed E-state index contributed by atoms with van der Waals surface area (Å²) in [5.74, 6) is 5.81. The van der Waals surface area contributed by atoms with Gasteiger partial charge in [-0.1, -0.05) is 6.92 Å². The molecule has 0 aliphatic heterocycles. The summed E-state index contributed by atoms with van der Waals surface area (Å²) in [7, 11) is 0. The predicted octanol–water partition coefficient (Wildman–Crippen LogP) is 2.00. The largest absolute Gasteiger partial charge is 0.270 e. The zero-order chi connectivity index (χ0) is 14.7. The first-order chi connectivity index (χ1) is 9.65. The van der Waals surface area contributed by atoms with Crippen LogP contribution in [0.3, 0.4) is 0 Å². The van der Waals surface area contributed by atoms with Crippen LogP contribution in [-0.4, -0.2) is 19.6 Å². The summed E-state index contributed by atoms with van der Waals surface area (Å²) in [6.45, 7) is 7.84. The van der Waals surface area contributed by atoms with Crippen LogP contribution in [0.15, 0.2) is 16.7 Å². The Hall–Kier alpha value is -1.18. The molecule has 7 heteroatoms. The van der Waals surface area contributed by atoms with Crippen molar-refractivity contribution in [1.29, 1.82) is 0 Å². The van der Waals surface area contributed by atoms with E-state index in [4.69, 9.17) is 5.84 Å². The molecular weight excluding hydrogens is 320 g/mol. The maximum absolute atomic E-state index is 5.81. The van der Waals surface area contributed by atoms with Crippen LogP contribution in [0.25, 0.3) is 0 Å². The Balaban J connectivity index is 2.51. The number of hydrazine groups is 1. The molecule has 3 N–H and O–H groups in total. The van der Waals surface area contributed by atoms with Gasteiger partial charge in [-0.15, -0.1) is 0 Å². The molecule has 2 heterocycles. The van der Waals surface area contributed by atoms with Crippen LogP contribution in [0.5, 0.6) is 0 Å². The summed E-state index contributed by atoms with van der Waals surface area (Å²) in [6.07, 6.45) is 2.71. The second kappa shape index (κ2) is 6.51. The first-order valence-electron chi connectivity index (χ1n) is 6.90. The number of aryl methyl sites for hydroxylation is 3. The van der Waals surface area contributed by atoms with Crippen LogP contribution in [-0.2, 0) is 19.5 Å². The van der Waals surface area contributed by atoms with Crippen molar-refractivity contribution >= 4 is 15.9 Å². The second-order valence-electron chi connectivity index (χ2n) is 4.52. The summed E-state index contributed by atoms with van der Waals surface area (Å²) in [5, 5.41) is 8.94. The molecule has 2 aromatic rings. The van der Waals surface area contributed by atoms with Gasteiger partial charge in [-0.05, 0) is 42.3 Å². The van der Waals surface area contributed by atoms with Crippen molar-refractivity contribution in [3.63, 3.8) is 0 Å². The topological polar surface area (TPSA) is 73.7 Å². The van der Waals surface area contributed by atoms with Crippen molar-refractivity contribution in [2.45, 2.75) is 46.3 Å². The van der Waals surface area contributed by atoms with E-state index in [9.17, 15) is 0 Å². The third kappa shape index (κ3) is 2.65. The number of hydrogen-bond donors (Lipinski definition) is 2. The summed E-state index contributed by atoms with van der Waals surface area (Å²) in [6, 6.07) is 1.97. The number of halogens is 1. The van der Waals surface area contributed by atoms with Gasteiger partial charge < -0.3 is 0 Å². The van der Waals surface area contributed by atoms with Crippen LogP contribution in [0, 0.1) is 0 Å². The molecule has 1 atom stereocenters. The monoisotopic (exact) mass is 340 g/mol. The Labute approximate surface area is 127 Å². The van der Waals surface area contributed by atoms with Gasteiger partial charge in [0.05, 0.1) is 27.8 Å². The molecule has 0 aromatic carbocycles. The number of nitrogens with one attached hydrogen (secondary N) is 1. The van der Waals surface area contributed by atoms with E-state index in [1.54, 1.807) is 6.20 Å². The normalized spacial score (nSPS) is 12.8. The van der Waals surface area contributed by atoms with Crippen molar-refractivity contribution in [2.24, 2.45) is 5.84 Å². The Kier molecular flexibility index (Phi) is 4.95. The smallest absolute Gasteiger partial charge is 0.106 e. The van der Waals surface area contributed by atoms with Gasteiger partial charge in [-0.3, -0.25) is 15.2 Å². The van der Waals surface area contributed by atoms with Crippen molar-refractivity contribution in [3.05, 3.63) is 33.8 Å². The molecule has 2 aromatic heterocycles. The summed E-state index contributed by atoms with van der Waals surface area (Å²) in [5.41, 5.74) is 6.05. The van der Waals surface area contributed by atoms with E-state index in [0.717, 1.165) is 41.1 Å². The van der Waals surface area contributed by atoms with Gasteiger partial charge in [0.15, 0.2) is 0 Å². The Morgan fingerprint density at radius 2 is 2.00 bits per heavy atom. The molecular formula is C13H21BrN6. The number of aromatic nitrogens is 4. The minimum atomic E-state index is -0.139. The maximum atomic E-state index is 5.81. The van der Waals surface area contributed by atoms with Crippen molar-refractivity contribution in [1.82, 2.24) is 25.0 Å². The van der Waals surface area contributed by atoms with E-state index in [1.165, 1.54) is 0 Å². The van der Waals surface area contributed by atoms with Crippen molar-refractivity contribution < 1.29 is 0 Å². The van der Waals surface area contributed by atoms with Gasteiger partial charge in [0.1, 0.15) is 6.04 Å². The minimum Gasteiger partial charge on any atom is -0.270 e. The molecule has 0 aliphatic rings. The zero-order valence-electron chi connectivity index (χ0n) is 12.1. The lowest BCUT2D eigenvalue weighted by molar-refractivity contribution is 0.499. The SMILES string of the molecule is CCc1cc(C(NN)c2c(Br)cnn2CC)n(CC)n1. The van der Waals surface area contributed by atoms with E-state index in [2.05, 4.69) is 58.4 Å². The number of nitrogens with zero attached hydrogens (tertiary/aromatic N) is 4. The summed E-state index contributed by atoms with van der Waals surface area (Å²) >= 11 is 3.56. The van der Waals surface area contributed by atoms with Crippen LogP contribution in [0.1, 0.15) is 43.9 Å². The van der Waals surface area contributed by atoms with Crippen molar-refractivity contribution in [3.8, 4) is 0 Å². The Morgan fingerprint density at radius 3 is 2.55 bits per heavy atom. The molecule has 0 saturated carbocycles. The molecule has 2 rings (SSSR count). The molecule has 110 valence electrons. The average molecular weight is 341 g/mol. The fourth-order valence-corrected chi connectivity index (χ4v) is 2.89. The first-order valence-corrected chi connectivity index (χ1v) is 7.69. The van der Waals surface area contributed by atoms with Gasteiger partial charge in [-0.2, -0.15) is 10.2 Å². The maximum Gasteiger partial charge on any atom is 0.106 e. The molecule has 0 aliphatic carbocycles. The lowest BCUT2D eigenvalue weighted by Crippen LogP contribution is -2.32. The van der Waals surface area contributed by atoms with Gasteiger partial charge >= 0.3 is 0 Å². The number of nitrogens with two attached hydrogens (primary N) is 1. The molecule has 0 saturated heterocycles. The lowest BCUT2D eigenvalue weighted by Gasteiger charge is -2.19. The van der Waals surface area contributed by atoms with Gasteiger partial charge in [-0.25, -0.2) is 5.43 Å². The van der Waals surface area contributed by atoms with Gasteiger partial charge in [0.2, 0.25) is 0 Å². The van der Waals surface area contributed by atoms with E-state index in [-0.39, 0.29) is 6.04 Å². The third-order valence-electron chi connectivity index (χ3n) is 3.39. The molecule has 0 fully saturated rings. The lowest BCUT2D eigenvalue weighted by atomic mass is 10.1. The quantitative estimate of drug-likeness (QED) is 0.623. The molecule has 0 spiro atoms. The summed E-state index contributed by atoms with van der Waals surface area (Å²) in [4.78, 5) is 0. The highest BCUT2D eigenvalue weighted by molar-refractivity contribution is 9.10. The van der Waals surface area contributed by atoms with Crippen LogP contribution in [0.2, 0.25) is 0 Å². The number of hydrogen-bond acceptors (Lipinski definition) is 4. The van der Waals surface area contributed by atoms with Crippen molar-refractivity contribution in [2.75, 3.05) is 0 Å². The molecule has 6 nitrogen and oxygen atoms in total. The third-order valence-corrected chi connectivity index (χ3v) is 4.00.